The summed E-state index contributed by atoms with van der Waals surface area (Å²) in [5.41, 5.74) is 3.46. The van der Waals surface area contributed by atoms with Crippen molar-refractivity contribution in [3.05, 3.63) is 60.5 Å². The summed E-state index contributed by atoms with van der Waals surface area (Å²) in [4.78, 5) is 2.47. The van der Waals surface area contributed by atoms with Crippen molar-refractivity contribution in [1.82, 2.24) is 4.57 Å². The summed E-state index contributed by atoms with van der Waals surface area (Å²) in [6.45, 7) is 2.31. The Kier molecular flexibility index (Phi) is 3.34. The zero-order chi connectivity index (χ0) is 14.9. The molecule has 0 unspecified atom stereocenters. The van der Waals surface area contributed by atoms with Crippen LogP contribution in [0.1, 0.15) is 19.3 Å². The standard InChI is InChI=1S/C19H19FN2/c20-16-4-6-17(7-5-16)22-13-10-15-14-18(8-9-19(15)22)21-11-2-1-3-12-21/h4-10,13-14H,1-3,11-12H2. The zero-order valence-corrected chi connectivity index (χ0v) is 12.5. The molecule has 0 bridgehead atoms. The number of nitrogens with zero attached hydrogens (tertiary/aromatic N) is 2. The van der Waals surface area contributed by atoms with Gasteiger partial charge in [0.15, 0.2) is 0 Å². The Morgan fingerprint density at radius 1 is 0.773 bits per heavy atom. The SMILES string of the molecule is Fc1ccc(-n2ccc3cc(N4CCCCC4)ccc32)cc1. The molecular formula is C19H19FN2. The molecular weight excluding hydrogens is 275 g/mol. The Balaban J connectivity index is 1.72. The van der Waals surface area contributed by atoms with Gasteiger partial charge in [-0.2, -0.15) is 0 Å². The molecule has 0 aliphatic carbocycles. The van der Waals surface area contributed by atoms with E-state index in [9.17, 15) is 4.39 Å². The third kappa shape index (κ3) is 2.37. The van der Waals surface area contributed by atoms with Crippen LogP contribution in [0.5, 0.6) is 0 Å². The molecule has 2 nitrogen and oxygen atoms in total. The third-order valence-electron chi connectivity index (χ3n) is 4.50. The van der Waals surface area contributed by atoms with Crippen molar-refractivity contribution in [3.63, 3.8) is 0 Å². The van der Waals surface area contributed by atoms with Crippen LogP contribution in [0.4, 0.5) is 10.1 Å². The molecule has 2 heterocycles. The van der Waals surface area contributed by atoms with Crippen molar-refractivity contribution in [2.75, 3.05) is 18.0 Å². The molecule has 2 aromatic carbocycles. The molecule has 1 aliphatic rings. The van der Waals surface area contributed by atoms with Gasteiger partial charge in [0.25, 0.3) is 0 Å². The highest BCUT2D eigenvalue weighted by Gasteiger charge is 2.12. The number of hydrogen-bond acceptors (Lipinski definition) is 1. The second kappa shape index (κ2) is 5.48. The van der Waals surface area contributed by atoms with E-state index in [0.29, 0.717) is 0 Å². The minimum atomic E-state index is -0.201. The van der Waals surface area contributed by atoms with Gasteiger partial charge >= 0.3 is 0 Å². The molecule has 0 radical (unpaired) electrons. The minimum Gasteiger partial charge on any atom is -0.372 e. The van der Waals surface area contributed by atoms with Crippen LogP contribution in [0.2, 0.25) is 0 Å². The van der Waals surface area contributed by atoms with E-state index >= 15 is 0 Å². The number of benzene rings is 2. The van der Waals surface area contributed by atoms with E-state index in [1.54, 1.807) is 0 Å². The highest BCUT2D eigenvalue weighted by atomic mass is 19.1. The summed E-state index contributed by atoms with van der Waals surface area (Å²) in [6, 6.07) is 15.4. The van der Waals surface area contributed by atoms with Gasteiger partial charge in [-0.1, -0.05) is 0 Å². The first-order chi connectivity index (χ1) is 10.8. The van der Waals surface area contributed by atoms with E-state index in [-0.39, 0.29) is 5.82 Å². The largest absolute Gasteiger partial charge is 0.372 e. The smallest absolute Gasteiger partial charge is 0.123 e. The number of aromatic nitrogens is 1. The van der Waals surface area contributed by atoms with Crippen molar-refractivity contribution < 1.29 is 4.39 Å². The number of fused-ring (bicyclic) bond motifs is 1. The predicted octanol–water partition coefficient (Wildman–Crippen LogP) is 4.76. The fraction of sp³-hybridized carbons (Fsp3) is 0.263. The van der Waals surface area contributed by atoms with E-state index in [4.69, 9.17) is 0 Å². The second-order valence-electron chi connectivity index (χ2n) is 5.95. The van der Waals surface area contributed by atoms with Crippen LogP contribution in [-0.2, 0) is 0 Å². The average Bonchev–Trinajstić information content (AvgIpc) is 2.99. The van der Waals surface area contributed by atoms with Crippen molar-refractivity contribution in [2.24, 2.45) is 0 Å². The second-order valence-corrected chi connectivity index (χ2v) is 5.95. The van der Waals surface area contributed by atoms with E-state index in [2.05, 4.69) is 39.9 Å². The van der Waals surface area contributed by atoms with Crippen LogP contribution < -0.4 is 4.90 Å². The van der Waals surface area contributed by atoms with Crippen molar-refractivity contribution in [1.29, 1.82) is 0 Å². The Bertz CT molecular complexity index is 783. The quantitative estimate of drug-likeness (QED) is 0.661. The van der Waals surface area contributed by atoms with Gasteiger partial charge in [-0.25, -0.2) is 4.39 Å². The molecule has 3 aromatic rings. The van der Waals surface area contributed by atoms with Gasteiger partial charge in [-0.05, 0) is 67.8 Å². The number of piperidine rings is 1. The highest BCUT2D eigenvalue weighted by Crippen LogP contribution is 2.27. The number of halogens is 1. The van der Waals surface area contributed by atoms with Gasteiger partial charge in [0.2, 0.25) is 0 Å². The van der Waals surface area contributed by atoms with Gasteiger partial charge in [-0.15, -0.1) is 0 Å². The van der Waals surface area contributed by atoms with Crippen LogP contribution in [0, 0.1) is 5.82 Å². The fourth-order valence-electron chi connectivity index (χ4n) is 3.31. The molecule has 4 rings (SSSR count). The van der Waals surface area contributed by atoms with Crippen molar-refractivity contribution in [2.45, 2.75) is 19.3 Å². The lowest BCUT2D eigenvalue weighted by molar-refractivity contribution is 0.578. The molecule has 22 heavy (non-hydrogen) atoms. The lowest BCUT2D eigenvalue weighted by Gasteiger charge is -2.28. The molecule has 0 amide bonds. The summed E-state index contributed by atoms with van der Waals surface area (Å²) in [5, 5.41) is 1.23. The Hall–Kier alpha value is -2.29. The van der Waals surface area contributed by atoms with E-state index in [1.165, 1.54) is 42.5 Å². The van der Waals surface area contributed by atoms with Gasteiger partial charge in [0, 0.05) is 36.0 Å². The first-order valence-corrected chi connectivity index (χ1v) is 7.93. The summed E-state index contributed by atoms with van der Waals surface area (Å²) in [5.74, 6) is -0.201. The lowest BCUT2D eigenvalue weighted by atomic mass is 10.1. The van der Waals surface area contributed by atoms with Crippen LogP contribution in [0.15, 0.2) is 54.7 Å². The van der Waals surface area contributed by atoms with Gasteiger partial charge < -0.3 is 9.47 Å². The molecule has 1 fully saturated rings. The maximum atomic E-state index is 13.1. The third-order valence-corrected chi connectivity index (χ3v) is 4.50. The average molecular weight is 294 g/mol. The minimum absolute atomic E-state index is 0.201. The molecule has 0 N–H and O–H groups in total. The Morgan fingerprint density at radius 2 is 1.50 bits per heavy atom. The van der Waals surface area contributed by atoms with Crippen LogP contribution >= 0.6 is 0 Å². The molecule has 1 aliphatic heterocycles. The molecule has 1 saturated heterocycles. The van der Waals surface area contributed by atoms with Crippen LogP contribution in [-0.4, -0.2) is 17.7 Å². The van der Waals surface area contributed by atoms with Crippen molar-refractivity contribution >= 4 is 16.6 Å². The predicted molar refractivity (Wildman–Crippen MR) is 89.3 cm³/mol. The maximum Gasteiger partial charge on any atom is 0.123 e. The van der Waals surface area contributed by atoms with Crippen LogP contribution in [0.25, 0.3) is 16.6 Å². The number of hydrogen-bond donors (Lipinski definition) is 0. The van der Waals surface area contributed by atoms with Crippen molar-refractivity contribution in [3.8, 4) is 5.69 Å². The lowest BCUT2D eigenvalue weighted by Crippen LogP contribution is -2.29. The zero-order valence-electron chi connectivity index (χ0n) is 12.5. The van der Waals surface area contributed by atoms with Crippen LogP contribution in [0.3, 0.4) is 0 Å². The fourth-order valence-corrected chi connectivity index (χ4v) is 3.31. The molecule has 1 aromatic heterocycles. The summed E-state index contributed by atoms with van der Waals surface area (Å²) in [7, 11) is 0. The monoisotopic (exact) mass is 294 g/mol. The Morgan fingerprint density at radius 3 is 2.27 bits per heavy atom. The van der Waals surface area contributed by atoms with Gasteiger partial charge in [0.1, 0.15) is 5.82 Å². The molecule has 3 heteroatoms. The van der Waals surface area contributed by atoms with Gasteiger partial charge in [0.05, 0.1) is 5.52 Å². The molecule has 112 valence electrons. The number of rotatable bonds is 2. The first kappa shape index (κ1) is 13.4. The Labute approximate surface area is 129 Å². The number of anilines is 1. The molecule has 0 atom stereocenters. The van der Waals surface area contributed by atoms with E-state index in [0.717, 1.165) is 24.3 Å². The highest BCUT2D eigenvalue weighted by molar-refractivity contribution is 5.85. The maximum absolute atomic E-state index is 13.1. The summed E-state index contributed by atoms with van der Waals surface area (Å²) >= 11 is 0. The molecule has 0 spiro atoms. The molecule has 0 saturated carbocycles. The first-order valence-electron chi connectivity index (χ1n) is 7.93. The normalized spacial score (nSPS) is 15.4. The van der Waals surface area contributed by atoms with Gasteiger partial charge in [-0.3, -0.25) is 0 Å². The van der Waals surface area contributed by atoms with E-state index < -0.39 is 0 Å². The summed E-state index contributed by atoms with van der Waals surface area (Å²) < 4.78 is 15.2. The topological polar surface area (TPSA) is 8.17 Å². The van der Waals surface area contributed by atoms with E-state index in [1.807, 2.05) is 12.1 Å². The summed E-state index contributed by atoms with van der Waals surface area (Å²) in [6.07, 6.45) is 5.97.